The van der Waals surface area contributed by atoms with Crippen molar-refractivity contribution in [2.75, 3.05) is 27.2 Å². The van der Waals surface area contributed by atoms with Gasteiger partial charge in [-0.25, -0.2) is 0 Å². The molecule has 32 heavy (non-hydrogen) atoms. The van der Waals surface area contributed by atoms with E-state index in [1.807, 2.05) is 68.7 Å². The van der Waals surface area contributed by atoms with Crippen LogP contribution < -0.4 is 4.74 Å². The highest BCUT2D eigenvalue weighted by molar-refractivity contribution is 5.88. The maximum atomic E-state index is 13.4. The van der Waals surface area contributed by atoms with Crippen molar-refractivity contribution in [2.24, 2.45) is 0 Å². The van der Waals surface area contributed by atoms with E-state index in [2.05, 4.69) is 28.1 Å². The largest absolute Gasteiger partial charge is 0.489 e. The number of carbonyl (C=O) groups is 1. The van der Waals surface area contributed by atoms with Crippen molar-refractivity contribution < 1.29 is 9.53 Å². The lowest BCUT2D eigenvalue weighted by molar-refractivity contribution is -0.137. The van der Waals surface area contributed by atoms with Gasteiger partial charge in [-0.2, -0.15) is 0 Å². The molecular weight excluding hydrogens is 398 g/mol. The highest BCUT2D eigenvalue weighted by Crippen LogP contribution is 2.36. The highest BCUT2D eigenvalue weighted by Gasteiger charge is 2.45. The van der Waals surface area contributed by atoms with E-state index in [1.165, 1.54) is 0 Å². The number of amides is 1. The number of hydrogen-bond donors (Lipinski definition) is 0. The third-order valence-electron chi connectivity index (χ3n) is 6.15. The zero-order valence-corrected chi connectivity index (χ0v) is 18.9. The summed E-state index contributed by atoms with van der Waals surface area (Å²) in [4.78, 5) is 22.0. The van der Waals surface area contributed by atoms with Crippen LogP contribution in [0.15, 0.2) is 79.0 Å². The first-order chi connectivity index (χ1) is 15.6. The normalized spacial score (nSPS) is 18.8. The fraction of sp³-hybridized carbons (Fsp3) is 0.333. The molecule has 1 aliphatic heterocycles. The molecule has 0 bridgehead atoms. The van der Waals surface area contributed by atoms with E-state index in [1.54, 1.807) is 11.1 Å². The number of carbonyl (C=O) groups excluding carboxylic acids is 1. The third kappa shape index (κ3) is 4.83. The third-order valence-corrected chi connectivity index (χ3v) is 6.15. The van der Waals surface area contributed by atoms with Gasteiger partial charge < -0.3 is 9.64 Å². The molecule has 1 atom stereocenters. The summed E-state index contributed by atoms with van der Waals surface area (Å²) in [6, 6.07) is 24.3. The van der Waals surface area contributed by atoms with E-state index in [9.17, 15) is 4.79 Å². The fourth-order valence-corrected chi connectivity index (χ4v) is 4.60. The number of aromatic nitrogens is 1. The predicted octanol–water partition coefficient (Wildman–Crippen LogP) is 4.28. The van der Waals surface area contributed by atoms with Crippen LogP contribution in [-0.4, -0.2) is 47.9 Å². The van der Waals surface area contributed by atoms with Gasteiger partial charge in [-0.1, -0.05) is 54.6 Å². The first kappa shape index (κ1) is 22.0. The minimum absolute atomic E-state index is 0.120. The second-order valence-electron chi connectivity index (χ2n) is 8.69. The monoisotopic (exact) mass is 429 g/mol. The van der Waals surface area contributed by atoms with Crippen LogP contribution in [0.1, 0.15) is 29.7 Å². The van der Waals surface area contributed by atoms with Gasteiger partial charge in [0.05, 0.1) is 5.69 Å². The van der Waals surface area contributed by atoms with E-state index in [0.29, 0.717) is 13.2 Å². The Kier molecular flexibility index (Phi) is 6.86. The lowest BCUT2D eigenvalue weighted by Crippen LogP contribution is -2.54. The Hall–Kier alpha value is -3.18. The maximum Gasteiger partial charge on any atom is 0.235 e. The topological polar surface area (TPSA) is 45.7 Å². The molecule has 2 aromatic carbocycles. The number of pyridine rings is 1. The van der Waals surface area contributed by atoms with Gasteiger partial charge >= 0.3 is 0 Å². The summed E-state index contributed by atoms with van der Waals surface area (Å²) in [5.74, 6) is 1.01. The van der Waals surface area contributed by atoms with E-state index in [4.69, 9.17) is 4.74 Å². The van der Waals surface area contributed by atoms with Crippen LogP contribution in [0.5, 0.6) is 5.75 Å². The molecule has 5 nitrogen and oxygen atoms in total. The van der Waals surface area contributed by atoms with Crippen LogP contribution in [0.25, 0.3) is 0 Å². The number of likely N-dealkylation sites (tertiary alicyclic amines) is 1. The Labute approximate surface area is 190 Å². The SMILES string of the molecule is CN(C)C(=O)[C@]1(c2ccccn2)CCCN(Cc2ccccc2OCc2ccccc2)C1. The van der Waals surface area contributed by atoms with Crippen LogP contribution in [0.3, 0.4) is 0 Å². The van der Waals surface area contributed by atoms with Crippen molar-refractivity contribution in [3.63, 3.8) is 0 Å². The molecule has 2 heterocycles. The van der Waals surface area contributed by atoms with Gasteiger partial charge in [0.1, 0.15) is 17.8 Å². The van der Waals surface area contributed by atoms with Gasteiger partial charge in [0.15, 0.2) is 0 Å². The van der Waals surface area contributed by atoms with Crippen molar-refractivity contribution in [2.45, 2.75) is 31.4 Å². The van der Waals surface area contributed by atoms with Crippen LogP contribution >= 0.6 is 0 Å². The molecule has 0 spiro atoms. The quantitative estimate of drug-likeness (QED) is 0.562. The van der Waals surface area contributed by atoms with Gasteiger partial charge in [-0.15, -0.1) is 0 Å². The summed E-state index contributed by atoms with van der Waals surface area (Å²) >= 11 is 0. The van der Waals surface area contributed by atoms with Gasteiger partial charge in [0.2, 0.25) is 5.91 Å². The average Bonchev–Trinajstić information content (AvgIpc) is 2.84. The summed E-state index contributed by atoms with van der Waals surface area (Å²) < 4.78 is 6.17. The predicted molar refractivity (Wildman–Crippen MR) is 126 cm³/mol. The van der Waals surface area contributed by atoms with Crippen molar-refractivity contribution in [1.29, 1.82) is 0 Å². The van der Waals surface area contributed by atoms with E-state index >= 15 is 0 Å². The molecule has 4 rings (SSSR count). The van der Waals surface area contributed by atoms with Gasteiger partial charge in [0.25, 0.3) is 0 Å². The first-order valence-electron chi connectivity index (χ1n) is 11.2. The Balaban J connectivity index is 1.54. The summed E-state index contributed by atoms with van der Waals surface area (Å²) in [5.41, 5.74) is 2.52. The Morgan fingerprint density at radius 3 is 2.53 bits per heavy atom. The number of piperidine rings is 1. The fourth-order valence-electron chi connectivity index (χ4n) is 4.60. The van der Waals surface area contributed by atoms with Crippen LogP contribution in [0, 0.1) is 0 Å². The van der Waals surface area contributed by atoms with Crippen LogP contribution in [-0.2, 0) is 23.4 Å². The smallest absolute Gasteiger partial charge is 0.235 e. The van der Waals surface area contributed by atoms with Crippen molar-refractivity contribution in [3.05, 3.63) is 95.8 Å². The number of hydrogen-bond acceptors (Lipinski definition) is 4. The zero-order valence-electron chi connectivity index (χ0n) is 18.9. The molecule has 5 heteroatoms. The Bertz CT molecular complexity index is 1020. The summed E-state index contributed by atoms with van der Waals surface area (Å²) in [7, 11) is 3.66. The van der Waals surface area contributed by atoms with Crippen LogP contribution in [0.4, 0.5) is 0 Å². The molecule has 0 aliphatic carbocycles. The molecule has 0 radical (unpaired) electrons. The van der Waals surface area contributed by atoms with Gasteiger partial charge in [-0.3, -0.25) is 14.7 Å². The minimum atomic E-state index is -0.622. The maximum absolute atomic E-state index is 13.4. The number of benzene rings is 2. The average molecular weight is 430 g/mol. The lowest BCUT2D eigenvalue weighted by Gasteiger charge is -2.42. The molecule has 1 amide bonds. The second-order valence-corrected chi connectivity index (χ2v) is 8.69. The van der Waals surface area contributed by atoms with Gasteiger partial charge in [0, 0.05) is 38.9 Å². The lowest BCUT2D eigenvalue weighted by atomic mass is 9.75. The summed E-state index contributed by atoms with van der Waals surface area (Å²) in [6.07, 6.45) is 3.54. The first-order valence-corrected chi connectivity index (χ1v) is 11.2. The van der Waals surface area contributed by atoms with Gasteiger partial charge in [-0.05, 0) is 43.1 Å². The molecule has 1 saturated heterocycles. The summed E-state index contributed by atoms with van der Waals surface area (Å²) in [5, 5.41) is 0. The molecule has 166 valence electrons. The molecule has 1 aliphatic rings. The number of likely N-dealkylation sites (N-methyl/N-ethyl adjacent to an activating group) is 1. The molecule has 0 saturated carbocycles. The van der Waals surface area contributed by atoms with E-state index in [0.717, 1.165) is 48.5 Å². The number of para-hydroxylation sites is 1. The highest BCUT2D eigenvalue weighted by atomic mass is 16.5. The second kappa shape index (κ2) is 9.96. The number of ether oxygens (including phenoxy) is 1. The standard InChI is InChI=1S/C27H31N3O2/c1-29(2)26(31)27(25-15-8-9-17-28-25)16-10-18-30(21-27)19-23-13-6-7-14-24(23)32-20-22-11-4-3-5-12-22/h3-9,11-15,17H,10,16,18-21H2,1-2H3/t27-/m1/s1. The molecular formula is C27H31N3O2. The molecule has 0 N–H and O–H groups in total. The summed E-state index contributed by atoms with van der Waals surface area (Å²) in [6.45, 7) is 2.87. The van der Waals surface area contributed by atoms with Crippen molar-refractivity contribution >= 4 is 5.91 Å². The number of nitrogens with zero attached hydrogens (tertiary/aromatic N) is 3. The van der Waals surface area contributed by atoms with Crippen molar-refractivity contribution in [1.82, 2.24) is 14.8 Å². The zero-order chi connectivity index (χ0) is 22.4. The molecule has 3 aromatic rings. The van der Waals surface area contributed by atoms with E-state index < -0.39 is 5.41 Å². The molecule has 0 unspecified atom stereocenters. The molecule has 1 fully saturated rings. The molecule has 1 aromatic heterocycles. The minimum Gasteiger partial charge on any atom is -0.489 e. The number of rotatable bonds is 7. The Morgan fingerprint density at radius 2 is 1.78 bits per heavy atom. The Morgan fingerprint density at radius 1 is 1.03 bits per heavy atom. The van der Waals surface area contributed by atoms with Crippen LogP contribution in [0.2, 0.25) is 0 Å². The van der Waals surface area contributed by atoms with Crippen molar-refractivity contribution in [3.8, 4) is 5.75 Å². The van der Waals surface area contributed by atoms with E-state index in [-0.39, 0.29) is 5.91 Å².